The van der Waals surface area contributed by atoms with Crippen LogP contribution < -0.4 is 0 Å². The molecular formula is C15H14N4O2S2. The fraction of sp³-hybridized carbons (Fsp3) is 0.333. The highest BCUT2D eigenvalue weighted by molar-refractivity contribution is 7.13. The molecule has 0 bridgehead atoms. The summed E-state index contributed by atoms with van der Waals surface area (Å²) in [5.41, 5.74) is 0.528. The molecule has 4 heterocycles. The maximum Gasteiger partial charge on any atom is 0.273 e. The Morgan fingerprint density at radius 2 is 2.30 bits per heavy atom. The standard InChI is InChI=1S/C15H14N4O2S2/c1-9-16-11(8-23-9)15(20)19-5-4-10(7-19)13-17-14(21-18-13)12-3-2-6-22-12/h2-3,6,8,10H,4-5,7H2,1H3/t10-/m1/s1. The molecule has 1 atom stereocenters. The number of carbonyl (C=O) groups excluding carboxylic acids is 1. The van der Waals surface area contributed by atoms with E-state index in [1.807, 2.05) is 34.7 Å². The average molecular weight is 346 g/mol. The Kier molecular flexibility index (Phi) is 3.70. The summed E-state index contributed by atoms with van der Waals surface area (Å²) in [6.07, 6.45) is 0.846. The number of thiophene rings is 1. The van der Waals surface area contributed by atoms with E-state index in [2.05, 4.69) is 15.1 Å². The Balaban J connectivity index is 1.47. The minimum atomic E-state index is -0.0150. The van der Waals surface area contributed by atoms with Gasteiger partial charge in [0.2, 0.25) is 0 Å². The molecule has 1 aliphatic rings. The molecule has 3 aromatic heterocycles. The third kappa shape index (κ3) is 2.79. The minimum Gasteiger partial charge on any atom is -0.337 e. The largest absolute Gasteiger partial charge is 0.337 e. The van der Waals surface area contributed by atoms with Gasteiger partial charge in [0.1, 0.15) is 5.69 Å². The van der Waals surface area contributed by atoms with Gasteiger partial charge in [-0.2, -0.15) is 4.98 Å². The van der Waals surface area contributed by atoms with Gasteiger partial charge in [-0.1, -0.05) is 11.2 Å². The van der Waals surface area contributed by atoms with E-state index in [4.69, 9.17) is 4.52 Å². The summed E-state index contributed by atoms with van der Waals surface area (Å²) in [5.74, 6) is 1.34. The molecule has 1 amide bonds. The zero-order valence-electron chi connectivity index (χ0n) is 12.4. The second kappa shape index (κ2) is 5.86. The van der Waals surface area contributed by atoms with Crippen molar-refractivity contribution in [1.82, 2.24) is 20.0 Å². The lowest BCUT2D eigenvalue weighted by Crippen LogP contribution is -2.28. The van der Waals surface area contributed by atoms with Crippen molar-refractivity contribution in [2.45, 2.75) is 19.3 Å². The van der Waals surface area contributed by atoms with Crippen molar-refractivity contribution < 1.29 is 9.32 Å². The maximum absolute atomic E-state index is 12.4. The monoisotopic (exact) mass is 346 g/mol. The van der Waals surface area contributed by atoms with E-state index in [9.17, 15) is 4.79 Å². The highest BCUT2D eigenvalue weighted by atomic mass is 32.1. The van der Waals surface area contributed by atoms with Gasteiger partial charge < -0.3 is 9.42 Å². The molecule has 0 aromatic carbocycles. The summed E-state index contributed by atoms with van der Waals surface area (Å²) < 4.78 is 5.34. The van der Waals surface area contributed by atoms with Crippen LogP contribution >= 0.6 is 22.7 Å². The lowest BCUT2D eigenvalue weighted by atomic mass is 10.1. The molecule has 0 radical (unpaired) electrons. The first-order chi connectivity index (χ1) is 11.2. The van der Waals surface area contributed by atoms with Crippen LogP contribution in [0, 0.1) is 6.92 Å². The van der Waals surface area contributed by atoms with E-state index in [-0.39, 0.29) is 11.8 Å². The van der Waals surface area contributed by atoms with E-state index in [0.717, 1.165) is 16.3 Å². The fourth-order valence-electron chi connectivity index (χ4n) is 2.68. The number of hydrogen-bond acceptors (Lipinski definition) is 7. The molecule has 1 saturated heterocycles. The predicted molar refractivity (Wildman–Crippen MR) is 87.7 cm³/mol. The quantitative estimate of drug-likeness (QED) is 0.728. The van der Waals surface area contributed by atoms with Crippen LogP contribution in [0.5, 0.6) is 0 Å². The van der Waals surface area contributed by atoms with E-state index >= 15 is 0 Å². The second-order valence-electron chi connectivity index (χ2n) is 5.42. The van der Waals surface area contributed by atoms with Crippen LogP contribution in [0.4, 0.5) is 0 Å². The van der Waals surface area contributed by atoms with Gasteiger partial charge in [0.05, 0.1) is 9.88 Å². The number of nitrogens with zero attached hydrogens (tertiary/aromatic N) is 4. The predicted octanol–water partition coefficient (Wildman–Crippen LogP) is 3.19. The third-order valence-corrected chi connectivity index (χ3v) is 5.48. The van der Waals surface area contributed by atoms with Crippen molar-refractivity contribution in [2.75, 3.05) is 13.1 Å². The van der Waals surface area contributed by atoms with Gasteiger partial charge in [-0.3, -0.25) is 4.79 Å². The number of aromatic nitrogens is 3. The van der Waals surface area contributed by atoms with Crippen LogP contribution in [-0.4, -0.2) is 39.0 Å². The number of amides is 1. The molecule has 118 valence electrons. The minimum absolute atomic E-state index is 0.0150. The van der Waals surface area contributed by atoms with Crippen molar-refractivity contribution in [3.63, 3.8) is 0 Å². The Bertz CT molecular complexity index is 824. The summed E-state index contributed by atoms with van der Waals surface area (Å²) in [6.45, 7) is 3.21. The number of thiazole rings is 1. The highest BCUT2D eigenvalue weighted by Crippen LogP contribution is 2.29. The van der Waals surface area contributed by atoms with Crippen molar-refractivity contribution in [1.29, 1.82) is 0 Å². The number of carbonyl (C=O) groups is 1. The molecular weight excluding hydrogens is 332 g/mol. The molecule has 23 heavy (non-hydrogen) atoms. The van der Waals surface area contributed by atoms with E-state index in [1.165, 1.54) is 11.3 Å². The van der Waals surface area contributed by atoms with Crippen LogP contribution in [-0.2, 0) is 0 Å². The number of likely N-dealkylation sites (tertiary alicyclic amines) is 1. The van der Waals surface area contributed by atoms with Gasteiger partial charge in [0.25, 0.3) is 11.8 Å². The lowest BCUT2D eigenvalue weighted by Gasteiger charge is -2.13. The molecule has 6 nitrogen and oxygen atoms in total. The third-order valence-electron chi connectivity index (χ3n) is 3.85. The Hall–Kier alpha value is -2.06. The lowest BCUT2D eigenvalue weighted by molar-refractivity contribution is 0.0785. The molecule has 4 rings (SSSR count). The molecule has 0 spiro atoms. The Morgan fingerprint density at radius 3 is 3.04 bits per heavy atom. The Labute approximate surface area is 140 Å². The van der Waals surface area contributed by atoms with Crippen molar-refractivity contribution in [3.8, 4) is 10.8 Å². The molecule has 0 unspecified atom stereocenters. The molecule has 1 aliphatic heterocycles. The topological polar surface area (TPSA) is 72.1 Å². The molecule has 0 aliphatic carbocycles. The first-order valence-electron chi connectivity index (χ1n) is 7.29. The van der Waals surface area contributed by atoms with E-state index in [1.54, 1.807) is 11.3 Å². The normalized spacial score (nSPS) is 17.8. The zero-order chi connectivity index (χ0) is 15.8. The van der Waals surface area contributed by atoms with Crippen LogP contribution in [0.25, 0.3) is 10.8 Å². The van der Waals surface area contributed by atoms with Crippen LogP contribution in [0.1, 0.15) is 33.7 Å². The fourth-order valence-corrected chi connectivity index (χ4v) is 3.91. The van der Waals surface area contributed by atoms with Gasteiger partial charge in [-0.25, -0.2) is 4.98 Å². The van der Waals surface area contributed by atoms with Gasteiger partial charge >= 0.3 is 0 Å². The molecule has 1 fully saturated rings. The molecule has 3 aromatic rings. The SMILES string of the molecule is Cc1nc(C(=O)N2CC[C@@H](c3noc(-c4cccs4)n3)C2)cs1. The summed E-state index contributed by atoms with van der Waals surface area (Å²) >= 11 is 3.06. The summed E-state index contributed by atoms with van der Waals surface area (Å²) in [7, 11) is 0. The van der Waals surface area contributed by atoms with Crippen molar-refractivity contribution in [2.24, 2.45) is 0 Å². The average Bonchev–Trinajstić information content (AvgIpc) is 3.30. The smallest absolute Gasteiger partial charge is 0.273 e. The van der Waals surface area contributed by atoms with Crippen LogP contribution in [0.15, 0.2) is 27.4 Å². The molecule has 8 heteroatoms. The maximum atomic E-state index is 12.4. The summed E-state index contributed by atoms with van der Waals surface area (Å²) in [6, 6.07) is 3.91. The number of aryl methyl sites for hydroxylation is 1. The number of hydrogen-bond donors (Lipinski definition) is 0. The highest BCUT2D eigenvalue weighted by Gasteiger charge is 2.32. The van der Waals surface area contributed by atoms with Crippen molar-refractivity contribution in [3.05, 3.63) is 39.4 Å². The molecule has 0 N–H and O–H groups in total. The van der Waals surface area contributed by atoms with E-state index in [0.29, 0.717) is 30.5 Å². The van der Waals surface area contributed by atoms with Crippen LogP contribution in [0.3, 0.4) is 0 Å². The zero-order valence-corrected chi connectivity index (χ0v) is 14.1. The van der Waals surface area contributed by atoms with Gasteiger partial charge in [-0.05, 0) is 24.8 Å². The summed E-state index contributed by atoms with van der Waals surface area (Å²) in [5, 5.41) is 8.79. The van der Waals surface area contributed by atoms with Crippen molar-refractivity contribution >= 4 is 28.6 Å². The summed E-state index contributed by atoms with van der Waals surface area (Å²) in [4.78, 5) is 24.0. The second-order valence-corrected chi connectivity index (χ2v) is 7.43. The van der Waals surface area contributed by atoms with E-state index < -0.39 is 0 Å². The van der Waals surface area contributed by atoms with Gasteiger partial charge in [0.15, 0.2) is 5.82 Å². The van der Waals surface area contributed by atoms with Crippen LogP contribution in [0.2, 0.25) is 0 Å². The Morgan fingerprint density at radius 1 is 1.39 bits per heavy atom. The molecule has 0 saturated carbocycles. The first kappa shape index (κ1) is 14.5. The van der Waals surface area contributed by atoms with Gasteiger partial charge in [-0.15, -0.1) is 22.7 Å². The van der Waals surface area contributed by atoms with Gasteiger partial charge in [0, 0.05) is 24.4 Å². The first-order valence-corrected chi connectivity index (χ1v) is 9.05. The number of rotatable bonds is 3.